The van der Waals surface area contributed by atoms with Crippen LogP contribution in [0.5, 0.6) is 11.5 Å². The number of rotatable bonds is 21. The van der Waals surface area contributed by atoms with Gasteiger partial charge in [-0.2, -0.15) is 0 Å². The second kappa shape index (κ2) is 21.3. The van der Waals surface area contributed by atoms with Crippen molar-refractivity contribution in [2.45, 2.75) is 82.8 Å². The van der Waals surface area contributed by atoms with Gasteiger partial charge in [0.15, 0.2) is 11.5 Å². The van der Waals surface area contributed by atoms with Gasteiger partial charge in [-0.1, -0.05) is 79.7 Å². The number of aryl methyl sites for hydroxylation is 1. The van der Waals surface area contributed by atoms with Crippen molar-refractivity contribution < 1.29 is 42.6 Å². The van der Waals surface area contributed by atoms with Crippen molar-refractivity contribution in [3.05, 3.63) is 130 Å². The molecule has 7 N–H and O–H groups in total. The number of phenols is 1. The molecule has 0 saturated heterocycles. The predicted molar refractivity (Wildman–Crippen MR) is 215 cm³/mol. The standard InChI is InChI=1S/C44H51F2N5O7/c1-4-28-13-18-32(19-14-28)41(55)48-23-9-8-12-34(40(47)54)50-43(57)36(25-30-15-20-33(21-16-30)44(2,45)46)51-42(56)35(24-29-10-6-5-7-11-29)49-39(53)27-31-17-22-37(52)38(26-31)58-3/h5-7,10-11,13-22,26,34-36,52H,4,8-9,12,23-25,27H2,1-3H3,(H2,47,54)(H,48,55)(H,49,53)(H,50,57)(H,51,56). The molecule has 308 valence electrons. The van der Waals surface area contributed by atoms with Gasteiger partial charge in [-0.15, -0.1) is 0 Å². The number of nitrogens with one attached hydrogen (secondary N) is 4. The molecule has 0 heterocycles. The fourth-order valence-corrected chi connectivity index (χ4v) is 6.20. The molecule has 58 heavy (non-hydrogen) atoms. The minimum Gasteiger partial charge on any atom is -0.504 e. The number of benzene rings is 4. The van der Waals surface area contributed by atoms with Crippen LogP contribution in [0, 0.1) is 0 Å². The largest absolute Gasteiger partial charge is 0.504 e. The van der Waals surface area contributed by atoms with Gasteiger partial charge in [0.2, 0.25) is 23.6 Å². The lowest BCUT2D eigenvalue weighted by molar-refractivity contribution is -0.133. The van der Waals surface area contributed by atoms with E-state index < -0.39 is 47.7 Å². The number of ether oxygens (including phenoxy) is 1. The van der Waals surface area contributed by atoms with Crippen LogP contribution in [0.15, 0.2) is 97.1 Å². The molecule has 5 amide bonds. The van der Waals surface area contributed by atoms with Crippen LogP contribution in [0.25, 0.3) is 0 Å². The molecule has 12 nitrogen and oxygen atoms in total. The number of hydrogen-bond donors (Lipinski definition) is 6. The summed E-state index contributed by atoms with van der Waals surface area (Å²) in [5.74, 6) is -6.09. The summed E-state index contributed by atoms with van der Waals surface area (Å²) in [5.41, 5.74) is 8.74. The first kappa shape index (κ1) is 44.4. The van der Waals surface area contributed by atoms with Gasteiger partial charge in [0.1, 0.15) is 18.1 Å². The Morgan fingerprint density at radius 3 is 1.90 bits per heavy atom. The summed E-state index contributed by atoms with van der Waals surface area (Å²) in [6, 6.07) is 22.3. The van der Waals surface area contributed by atoms with Gasteiger partial charge < -0.3 is 36.8 Å². The van der Waals surface area contributed by atoms with E-state index in [4.69, 9.17) is 10.5 Å². The van der Waals surface area contributed by atoms with E-state index in [9.17, 15) is 37.9 Å². The molecule has 0 radical (unpaired) electrons. The number of carbonyl (C=O) groups excluding carboxylic acids is 5. The van der Waals surface area contributed by atoms with Gasteiger partial charge in [-0.05, 0) is 72.2 Å². The Bertz CT molecular complexity index is 2010. The molecule has 4 aromatic carbocycles. The number of phenolic OH excluding ortho intramolecular Hbond substituents is 1. The summed E-state index contributed by atoms with van der Waals surface area (Å²) in [6.07, 6.45) is 1.61. The Kier molecular flexibility index (Phi) is 16.3. The van der Waals surface area contributed by atoms with Crippen molar-refractivity contribution in [2.24, 2.45) is 5.73 Å². The highest BCUT2D eigenvalue weighted by molar-refractivity contribution is 5.95. The summed E-state index contributed by atoms with van der Waals surface area (Å²) in [4.78, 5) is 66.3. The van der Waals surface area contributed by atoms with Crippen LogP contribution in [-0.4, -0.2) is 66.4 Å². The van der Waals surface area contributed by atoms with Crippen LogP contribution in [-0.2, 0) is 50.8 Å². The maximum Gasteiger partial charge on any atom is 0.270 e. The lowest BCUT2D eigenvalue weighted by Crippen LogP contribution is -2.57. The number of alkyl halides is 2. The van der Waals surface area contributed by atoms with Crippen LogP contribution in [0.1, 0.15) is 71.3 Å². The normalized spacial score (nSPS) is 12.7. The lowest BCUT2D eigenvalue weighted by Gasteiger charge is -2.25. The SMILES string of the molecule is CCc1ccc(C(=O)NCCCCC(NC(=O)C(Cc2ccc(C(C)(F)F)cc2)NC(=O)C(Cc2ccccc2)NC(=O)Cc2ccc(O)c(OC)c2)C(N)=O)cc1. The highest BCUT2D eigenvalue weighted by atomic mass is 19.3. The Balaban J connectivity index is 1.48. The quantitative estimate of drug-likeness (QED) is 0.0663. The van der Waals surface area contributed by atoms with Gasteiger partial charge >= 0.3 is 0 Å². The number of halogens is 2. The van der Waals surface area contributed by atoms with Gasteiger partial charge in [0, 0.05) is 37.4 Å². The van der Waals surface area contributed by atoms with E-state index in [0.717, 1.165) is 18.9 Å². The number of carbonyl (C=O) groups is 5. The monoisotopic (exact) mass is 799 g/mol. The molecule has 0 aromatic heterocycles. The second-order valence-electron chi connectivity index (χ2n) is 14.1. The molecule has 0 spiro atoms. The summed E-state index contributed by atoms with van der Waals surface area (Å²) < 4.78 is 33.1. The average molecular weight is 800 g/mol. The van der Waals surface area contributed by atoms with Crippen LogP contribution in [0.4, 0.5) is 8.78 Å². The highest BCUT2D eigenvalue weighted by Crippen LogP contribution is 2.28. The molecule has 3 unspecified atom stereocenters. The number of unbranched alkanes of at least 4 members (excludes halogenated alkanes) is 1. The number of hydrogen-bond acceptors (Lipinski definition) is 7. The number of nitrogens with two attached hydrogens (primary N) is 1. The van der Waals surface area contributed by atoms with Gasteiger partial charge in [0.05, 0.1) is 13.5 Å². The van der Waals surface area contributed by atoms with E-state index >= 15 is 0 Å². The zero-order chi connectivity index (χ0) is 42.2. The molecule has 0 aliphatic carbocycles. The molecular weight excluding hydrogens is 749 g/mol. The third-order valence-electron chi connectivity index (χ3n) is 9.57. The summed E-state index contributed by atoms with van der Waals surface area (Å²) in [7, 11) is 1.38. The van der Waals surface area contributed by atoms with Crippen molar-refractivity contribution in [3.8, 4) is 11.5 Å². The van der Waals surface area contributed by atoms with Crippen LogP contribution in [0.3, 0.4) is 0 Å². The molecule has 4 rings (SSSR count). The van der Waals surface area contributed by atoms with Crippen LogP contribution < -0.4 is 31.7 Å². The molecule has 0 aliphatic rings. The van der Waals surface area contributed by atoms with E-state index in [0.29, 0.717) is 41.6 Å². The molecular formula is C44H51F2N5O7. The minimum absolute atomic E-state index is 0.0520. The third kappa shape index (κ3) is 13.7. The van der Waals surface area contributed by atoms with Crippen molar-refractivity contribution in [1.82, 2.24) is 21.3 Å². The zero-order valence-corrected chi connectivity index (χ0v) is 32.9. The Morgan fingerprint density at radius 2 is 1.31 bits per heavy atom. The van der Waals surface area contributed by atoms with Gasteiger partial charge in [-0.3, -0.25) is 24.0 Å². The Hall–Kier alpha value is -6.31. The Morgan fingerprint density at radius 1 is 0.741 bits per heavy atom. The second-order valence-corrected chi connectivity index (χ2v) is 14.1. The molecule has 0 aliphatic heterocycles. The Labute approximate surface area is 336 Å². The number of methoxy groups -OCH3 is 1. The van der Waals surface area contributed by atoms with E-state index in [1.54, 1.807) is 48.5 Å². The molecule has 3 atom stereocenters. The maximum atomic E-state index is 14.0. The van der Waals surface area contributed by atoms with Crippen LogP contribution in [0.2, 0.25) is 0 Å². The highest BCUT2D eigenvalue weighted by Gasteiger charge is 2.30. The van der Waals surface area contributed by atoms with Gasteiger partial charge in [0.25, 0.3) is 11.8 Å². The van der Waals surface area contributed by atoms with E-state index in [2.05, 4.69) is 21.3 Å². The fourth-order valence-electron chi connectivity index (χ4n) is 6.20. The van der Waals surface area contributed by atoms with E-state index in [1.807, 2.05) is 19.1 Å². The number of aromatic hydroxyl groups is 1. The van der Waals surface area contributed by atoms with Crippen molar-refractivity contribution in [3.63, 3.8) is 0 Å². The molecule has 0 fully saturated rings. The molecule has 0 bridgehead atoms. The minimum atomic E-state index is -3.10. The zero-order valence-electron chi connectivity index (χ0n) is 32.9. The molecule has 14 heteroatoms. The number of primary amides is 1. The van der Waals surface area contributed by atoms with Crippen molar-refractivity contribution in [2.75, 3.05) is 13.7 Å². The van der Waals surface area contributed by atoms with Gasteiger partial charge in [-0.25, -0.2) is 8.78 Å². The average Bonchev–Trinajstić information content (AvgIpc) is 3.20. The number of amides is 5. The predicted octanol–water partition coefficient (Wildman–Crippen LogP) is 4.64. The first-order chi connectivity index (χ1) is 27.7. The molecule has 0 saturated carbocycles. The lowest BCUT2D eigenvalue weighted by atomic mass is 9.99. The first-order valence-electron chi connectivity index (χ1n) is 19.1. The van der Waals surface area contributed by atoms with Crippen molar-refractivity contribution >= 4 is 29.5 Å². The summed E-state index contributed by atoms with van der Waals surface area (Å²) in [5, 5.41) is 20.9. The molecule has 4 aromatic rings. The smallest absolute Gasteiger partial charge is 0.270 e. The topological polar surface area (TPSA) is 189 Å². The van der Waals surface area contributed by atoms with Crippen molar-refractivity contribution in [1.29, 1.82) is 0 Å². The first-order valence-corrected chi connectivity index (χ1v) is 19.1. The summed E-state index contributed by atoms with van der Waals surface area (Å²) in [6.45, 7) is 3.10. The van der Waals surface area contributed by atoms with Crippen LogP contribution >= 0.6 is 0 Å². The fraction of sp³-hybridized carbons (Fsp3) is 0.341. The third-order valence-corrected chi connectivity index (χ3v) is 9.57. The summed E-state index contributed by atoms with van der Waals surface area (Å²) >= 11 is 0. The van der Waals surface area contributed by atoms with E-state index in [-0.39, 0.29) is 48.7 Å². The maximum absolute atomic E-state index is 14.0. The van der Waals surface area contributed by atoms with E-state index in [1.165, 1.54) is 43.5 Å².